The van der Waals surface area contributed by atoms with E-state index in [2.05, 4.69) is 33.1 Å². The zero-order valence-corrected chi connectivity index (χ0v) is 18.0. The molecule has 3 aliphatic rings. The first-order valence-electron chi connectivity index (χ1n) is 11.1. The van der Waals surface area contributed by atoms with Gasteiger partial charge in [0.1, 0.15) is 5.82 Å². The number of guanidine groups is 1. The van der Waals surface area contributed by atoms with E-state index in [0.29, 0.717) is 25.6 Å². The SMILES string of the molecule is CCNC(=NCCNC(=O)c1ccccc1F)NCCN1C(=O)C2C3C=CC(C3)C2C1=O. The average Bonchev–Trinajstić information content (AvgIpc) is 3.46. The number of aliphatic imine (C=N–C) groups is 1. The number of carbonyl (C=O) groups is 3. The van der Waals surface area contributed by atoms with Crippen molar-refractivity contribution in [2.45, 2.75) is 13.3 Å². The highest BCUT2D eigenvalue weighted by molar-refractivity contribution is 6.06. The van der Waals surface area contributed by atoms with Gasteiger partial charge in [-0.2, -0.15) is 0 Å². The Kier molecular flexibility index (Phi) is 6.53. The Morgan fingerprint density at radius 2 is 1.75 bits per heavy atom. The predicted octanol–water partition coefficient (Wildman–Crippen LogP) is 0.918. The van der Waals surface area contributed by atoms with Gasteiger partial charge in [0.25, 0.3) is 5.91 Å². The molecule has 4 rings (SSSR count). The number of fused-ring (bicyclic) bond motifs is 5. The fourth-order valence-electron chi connectivity index (χ4n) is 4.89. The van der Waals surface area contributed by atoms with Crippen molar-refractivity contribution in [3.05, 3.63) is 47.8 Å². The Morgan fingerprint density at radius 3 is 2.41 bits per heavy atom. The number of nitrogens with one attached hydrogen (secondary N) is 3. The van der Waals surface area contributed by atoms with Gasteiger partial charge in [-0.1, -0.05) is 24.3 Å². The monoisotopic (exact) mass is 441 g/mol. The topological polar surface area (TPSA) is 103 Å². The summed E-state index contributed by atoms with van der Waals surface area (Å²) in [5.41, 5.74) is -0.00476. The molecule has 8 nitrogen and oxygen atoms in total. The summed E-state index contributed by atoms with van der Waals surface area (Å²) >= 11 is 0. The molecule has 0 spiro atoms. The van der Waals surface area contributed by atoms with Crippen molar-refractivity contribution < 1.29 is 18.8 Å². The predicted molar refractivity (Wildman–Crippen MR) is 117 cm³/mol. The summed E-state index contributed by atoms with van der Waals surface area (Å²) in [6, 6.07) is 5.80. The van der Waals surface area contributed by atoms with Gasteiger partial charge in [0.05, 0.1) is 23.9 Å². The second kappa shape index (κ2) is 9.50. The molecule has 3 amide bonds. The average molecular weight is 442 g/mol. The minimum Gasteiger partial charge on any atom is -0.357 e. The molecule has 3 N–H and O–H groups in total. The van der Waals surface area contributed by atoms with Gasteiger partial charge in [-0.15, -0.1) is 0 Å². The molecule has 1 aromatic carbocycles. The highest BCUT2D eigenvalue weighted by Crippen LogP contribution is 2.52. The van der Waals surface area contributed by atoms with Gasteiger partial charge in [0.2, 0.25) is 11.8 Å². The molecule has 0 aromatic heterocycles. The first kappa shape index (κ1) is 22.0. The second-order valence-corrected chi connectivity index (χ2v) is 8.25. The molecular weight excluding hydrogens is 413 g/mol. The van der Waals surface area contributed by atoms with Crippen LogP contribution in [0.25, 0.3) is 0 Å². The van der Waals surface area contributed by atoms with Crippen molar-refractivity contribution in [2.24, 2.45) is 28.7 Å². The lowest BCUT2D eigenvalue weighted by Gasteiger charge is -2.18. The Bertz CT molecular complexity index is 933. The molecule has 32 heavy (non-hydrogen) atoms. The van der Waals surface area contributed by atoms with Gasteiger partial charge >= 0.3 is 0 Å². The van der Waals surface area contributed by atoms with Crippen LogP contribution in [0.5, 0.6) is 0 Å². The maximum atomic E-state index is 13.7. The number of allylic oxidation sites excluding steroid dienone is 2. The van der Waals surface area contributed by atoms with E-state index in [1.807, 2.05) is 6.92 Å². The molecule has 1 aromatic rings. The van der Waals surface area contributed by atoms with Crippen molar-refractivity contribution >= 4 is 23.7 Å². The van der Waals surface area contributed by atoms with Gasteiger partial charge in [0.15, 0.2) is 5.96 Å². The van der Waals surface area contributed by atoms with Gasteiger partial charge in [-0.3, -0.25) is 24.3 Å². The van der Waals surface area contributed by atoms with Gasteiger partial charge in [-0.05, 0) is 37.3 Å². The lowest BCUT2D eigenvalue weighted by molar-refractivity contribution is -0.140. The number of benzene rings is 1. The van der Waals surface area contributed by atoms with Crippen LogP contribution in [0.4, 0.5) is 4.39 Å². The standard InChI is InChI=1S/C23H28FN5O3/c1-2-25-23(27-10-9-26-20(30)16-5-3-4-6-17(16)24)28-11-12-29-21(31)18-14-7-8-15(13-14)19(18)22(29)32/h3-8,14-15,18-19H,2,9-13H2,1H3,(H,26,30)(H2,25,27,28). The third-order valence-electron chi connectivity index (χ3n) is 6.32. The van der Waals surface area contributed by atoms with Crippen molar-refractivity contribution in [1.82, 2.24) is 20.9 Å². The van der Waals surface area contributed by atoms with Crippen molar-refractivity contribution in [1.29, 1.82) is 0 Å². The van der Waals surface area contributed by atoms with E-state index in [-0.39, 0.29) is 54.1 Å². The third kappa shape index (κ3) is 4.24. The fraction of sp³-hybridized carbons (Fsp3) is 0.478. The summed E-state index contributed by atoms with van der Waals surface area (Å²) in [7, 11) is 0. The molecule has 1 saturated carbocycles. The van der Waals surface area contributed by atoms with Crippen molar-refractivity contribution in [2.75, 3.05) is 32.7 Å². The largest absolute Gasteiger partial charge is 0.357 e. The van der Waals surface area contributed by atoms with Gasteiger partial charge < -0.3 is 16.0 Å². The molecule has 1 heterocycles. The van der Waals surface area contributed by atoms with Crippen LogP contribution in [0.2, 0.25) is 0 Å². The minimum atomic E-state index is -0.567. The summed E-state index contributed by atoms with van der Waals surface area (Å²) in [5.74, 6) is -0.606. The summed E-state index contributed by atoms with van der Waals surface area (Å²) in [4.78, 5) is 43.3. The van der Waals surface area contributed by atoms with Crippen LogP contribution in [0.3, 0.4) is 0 Å². The fourth-order valence-corrected chi connectivity index (χ4v) is 4.89. The van der Waals surface area contributed by atoms with Crippen LogP contribution in [0.15, 0.2) is 41.4 Å². The van der Waals surface area contributed by atoms with Gasteiger partial charge in [0, 0.05) is 26.2 Å². The number of hydrogen-bond donors (Lipinski definition) is 3. The Balaban J connectivity index is 1.24. The van der Waals surface area contributed by atoms with Crippen LogP contribution in [0.1, 0.15) is 23.7 Å². The Morgan fingerprint density at radius 1 is 1.06 bits per heavy atom. The first-order valence-corrected chi connectivity index (χ1v) is 11.1. The zero-order valence-electron chi connectivity index (χ0n) is 18.0. The third-order valence-corrected chi connectivity index (χ3v) is 6.32. The van der Waals surface area contributed by atoms with E-state index in [1.165, 1.54) is 23.1 Å². The highest BCUT2D eigenvalue weighted by atomic mass is 19.1. The molecule has 2 bridgehead atoms. The number of rotatable bonds is 8. The second-order valence-electron chi connectivity index (χ2n) is 8.25. The van der Waals surface area contributed by atoms with Crippen molar-refractivity contribution in [3.63, 3.8) is 0 Å². The molecule has 4 unspecified atom stereocenters. The molecule has 0 radical (unpaired) electrons. The molecule has 2 aliphatic carbocycles. The van der Waals surface area contributed by atoms with E-state index >= 15 is 0 Å². The van der Waals surface area contributed by atoms with Gasteiger partial charge in [-0.25, -0.2) is 4.39 Å². The van der Waals surface area contributed by atoms with E-state index < -0.39 is 11.7 Å². The normalized spacial score (nSPS) is 25.9. The highest BCUT2D eigenvalue weighted by Gasteiger charge is 2.58. The molecule has 9 heteroatoms. The zero-order chi connectivity index (χ0) is 22.7. The lowest BCUT2D eigenvalue weighted by Crippen LogP contribution is -2.44. The summed E-state index contributed by atoms with van der Waals surface area (Å²) in [6.07, 6.45) is 5.09. The van der Waals surface area contributed by atoms with E-state index in [1.54, 1.807) is 6.07 Å². The summed E-state index contributed by atoms with van der Waals surface area (Å²) < 4.78 is 13.7. The smallest absolute Gasteiger partial charge is 0.254 e. The maximum absolute atomic E-state index is 13.7. The molecular formula is C23H28FN5O3. The van der Waals surface area contributed by atoms with Crippen LogP contribution in [-0.4, -0.2) is 61.3 Å². The number of imide groups is 1. The molecule has 170 valence electrons. The number of hydrogen-bond acceptors (Lipinski definition) is 4. The number of likely N-dealkylation sites (tertiary alicyclic amines) is 1. The quantitative estimate of drug-likeness (QED) is 0.183. The lowest BCUT2D eigenvalue weighted by atomic mass is 9.85. The molecule has 1 aliphatic heterocycles. The maximum Gasteiger partial charge on any atom is 0.254 e. The van der Waals surface area contributed by atoms with Crippen LogP contribution >= 0.6 is 0 Å². The first-order chi connectivity index (χ1) is 15.5. The van der Waals surface area contributed by atoms with E-state index in [9.17, 15) is 18.8 Å². The molecule has 2 fully saturated rings. The number of halogens is 1. The Hall–Kier alpha value is -3.23. The van der Waals surface area contributed by atoms with Crippen LogP contribution < -0.4 is 16.0 Å². The number of carbonyl (C=O) groups excluding carboxylic acids is 3. The Labute approximate surface area is 186 Å². The van der Waals surface area contributed by atoms with Crippen LogP contribution in [-0.2, 0) is 9.59 Å². The molecule has 4 atom stereocenters. The minimum absolute atomic E-state index is 0.00476. The van der Waals surface area contributed by atoms with Crippen LogP contribution in [0, 0.1) is 29.5 Å². The summed E-state index contributed by atoms with van der Waals surface area (Å²) in [6.45, 7) is 3.76. The van der Waals surface area contributed by atoms with E-state index in [0.717, 1.165) is 6.42 Å². The van der Waals surface area contributed by atoms with E-state index in [4.69, 9.17) is 0 Å². The number of amides is 3. The molecule has 1 saturated heterocycles. The summed E-state index contributed by atoms with van der Waals surface area (Å²) in [5, 5.41) is 8.86. The van der Waals surface area contributed by atoms with Crippen molar-refractivity contribution in [3.8, 4) is 0 Å². The number of nitrogens with zero attached hydrogens (tertiary/aromatic N) is 2.